The quantitative estimate of drug-likeness (QED) is 0.911. The van der Waals surface area contributed by atoms with Gasteiger partial charge in [-0.2, -0.15) is 0 Å². The molecule has 0 aliphatic carbocycles. The zero-order valence-corrected chi connectivity index (χ0v) is 11.8. The highest BCUT2D eigenvalue weighted by Crippen LogP contribution is 2.28. The molecule has 19 heavy (non-hydrogen) atoms. The van der Waals surface area contributed by atoms with Gasteiger partial charge in [-0.15, -0.1) is 10.2 Å². The summed E-state index contributed by atoms with van der Waals surface area (Å²) in [6, 6.07) is 2.00. The van der Waals surface area contributed by atoms with Crippen molar-refractivity contribution in [3.05, 3.63) is 23.7 Å². The lowest BCUT2D eigenvalue weighted by atomic mass is 10.2. The van der Waals surface area contributed by atoms with Gasteiger partial charge in [0.05, 0.1) is 11.9 Å². The Hall–Kier alpha value is -1.56. The van der Waals surface area contributed by atoms with Gasteiger partial charge in [-0.3, -0.25) is 0 Å². The molecule has 0 aromatic carbocycles. The lowest BCUT2D eigenvalue weighted by molar-refractivity contribution is 0.590. The van der Waals surface area contributed by atoms with Crippen molar-refractivity contribution in [3.63, 3.8) is 0 Å². The molecule has 0 saturated carbocycles. The number of nitrogen functional groups attached to an aromatic ring is 1. The van der Waals surface area contributed by atoms with Crippen LogP contribution in [0.25, 0.3) is 0 Å². The number of pyridine rings is 1. The van der Waals surface area contributed by atoms with Gasteiger partial charge in [0.15, 0.2) is 5.16 Å². The summed E-state index contributed by atoms with van der Waals surface area (Å²) >= 11 is 1.56. The molecule has 2 N–H and O–H groups in total. The fourth-order valence-electron chi connectivity index (χ4n) is 2.22. The topological polar surface area (TPSA) is 69.6 Å². The van der Waals surface area contributed by atoms with Gasteiger partial charge in [-0.25, -0.2) is 4.98 Å². The minimum atomic E-state index is 0.726. The molecule has 0 saturated heterocycles. The Morgan fingerprint density at radius 3 is 3.00 bits per heavy atom. The van der Waals surface area contributed by atoms with E-state index in [1.807, 2.05) is 13.0 Å². The summed E-state index contributed by atoms with van der Waals surface area (Å²) in [7, 11) is 0. The second kappa shape index (κ2) is 5.21. The Balaban J connectivity index is 1.87. The predicted molar refractivity (Wildman–Crippen MR) is 75.1 cm³/mol. The highest BCUT2D eigenvalue weighted by atomic mass is 32.2. The molecule has 0 spiro atoms. The van der Waals surface area contributed by atoms with Crippen molar-refractivity contribution in [1.82, 2.24) is 19.7 Å². The van der Waals surface area contributed by atoms with Gasteiger partial charge in [0.25, 0.3) is 0 Å². The van der Waals surface area contributed by atoms with Crippen LogP contribution < -0.4 is 5.73 Å². The number of hydrogen-bond donors (Lipinski definition) is 1. The van der Waals surface area contributed by atoms with Crippen molar-refractivity contribution in [2.24, 2.45) is 0 Å². The monoisotopic (exact) mass is 275 g/mol. The van der Waals surface area contributed by atoms with Gasteiger partial charge in [-0.1, -0.05) is 6.42 Å². The highest BCUT2D eigenvalue weighted by Gasteiger charge is 2.16. The molecule has 0 amide bonds. The van der Waals surface area contributed by atoms with Crippen LogP contribution in [-0.4, -0.2) is 19.7 Å². The number of fused-ring (bicyclic) bond motifs is 1. The Kier molecular flexibility index (Phi) is 3.42. The summed E-state index contributed by atoms with van der Waals surface area (Å²) < 4.78 is 2.23. The van der Waals surface area contributed by atoms with Crippen molar-refractivity contribution in [1.29, 1.82) is 0 Å². The van der Waals surface area contributed by atoms with Crippen LogP contribution in [0.5, 0.6) is 0 Å². The van der Waals surface area contributed by atoms with E-state index in [1.165, 1.54) is 19.3 Å². The average molecular weight is 275 g/mol. The van der Waals surface area contributed by atoms with Gasteiger partial charge >= 0.3 is 0 Å². The maximum absolute atomic E-state index is 5.79. The minimum Gasteiger partial charge on any atom is -0.397 e. The number of aryl methyl sites for hydroxylation is 2. The summed E-state index contributed by atoms with van der Waals surface area (Å²) in [5.41, 5.74) is 7.56. The van der Waals surface area contributed by atoms with Gasteiger partial charge < -0.3 is 10.3 Å². The van der Waals surface area contributed by atoms with E-state index in [0.29, 0.717) is 0 Å². The highest BCUT2D eigenvalue weighted by molar-refractivity contribution is 7.99. The first-order chi connectivity index (χ1) is 9.24. The third-order valence-electron chi connectivity index (χ3n) is 3.40. The largest absolute Gasteiger partial charge is 0.397 e. The number of nitrogens with two attached hydrogens (primary N) is 1. The second-order valence-electron chi connectivity index (χ2n) is 4.84. The summed E-state index contributed by atoms with van der Waals surface area (Å²) in [4.78, 5) is 4.34. The summed E-state index contributed by atoms with van der Waals surface area (Å²) in [5.74, 6) is 1.10. The van der Waals surface area contributed by atoms with Gasteiger partial charge in [0.1, 0.15) is 10.9 Å². The first kappa shape index (κ1) is 12.5. The molecule has 3 heterocycles. The fraction of sp³-hybridized carbons (Fsp3) is 0.462. The molecular weight excluding hydrogens is 258 g/mol. The van der Waals surface area contributed by atoms with E-state index in [9.17, 15) is 0 Å². The third-order valence-corrected chi connectivity index (χ3v) is 4.31. The molecule has 0 atom stereocenters. The molecule has 3 rings (SSSR count). The second-order valence-corrected chi connectivity index (χ2v) is 5.83. The zero-order valence-electron chi connectivity index (χ0n) is 11.0. The average Bonchev–Trinajstić information content (AvgIpc) is 2.63. The molecule has 5 nitrogen and oxygen atoms in total. The van der Waals surface area contributed by atoms with E-state index in [4.69, 9.17) is 5.73 Å². The Morgan fingerprint density at radius 2 is 2.16 bits per heavy atom. The minimum absolute atomic E-state index is 0.726. The normalized spacial score (nSPS) is 15.0. The number of rotatable bonds is 2. The van der Waals surface area contributed by atoms with E-state index in [2.05, 4.69) is 19.7 Å². The standard InChI is InChI=1S/C13H17N5S/c1-9-7-12(15-8-10(9)14)19-13-17-16-11-5-3-2-4-6-18(11)13/h7-8H,2-6,14H2,1H3. The van der Waals surface area contributed by atoms with Crippen LogP contribution in [0, 0.1) is 6.92 Å². The third kappa shape index (κ3) is 2.58. The van der Waals surface area contributed by atoms with Crippen molar-refractivity contribution >= 4 is 17.4 Å². The Bertz CT molecular complexity index is 593. The summed E-state index contributed by atoms with van der Waals surface area (Å²) in [5, 5.41) is 10.4. The van der Waals surface area contributed by atoms with Crippen LogP contribution in [0.4, 0.5) is 5.69 Å². The number of aromatic nitrogens is 4. The molecule has 2 aromatic rings. The molecule has 0 unspecified atom stereocenters. The van der Waals surface area contributed by atoms with E-state index < -0.39 is 0 Å². The predicted octanol–water partition coefficient (Wildman–Crippen LogP) is 2.44. The van der Waals surface area contributed by atoms with E-state index >= 15 is 0 Å². The first-order valence-corrected chi connectivity index (χ1v) is 7.38. The molecule has 100 valence electrons. The van der Waals surface area contributed by atoms with Crippen molar-refractivity contribution in [2.45, 2.75) is 49.3 Å². The fourth-order valence-corrected chi connectivity index (χ4v) is 3.14. The Labute approximate surface area is 116 Å². The SMILES string of the molecule is Cc1cc(Sc2nnc3n2CCCCC3)ncc1N. The van der Waals surface area contributed by atoms with Crippen LogP contribution in [0.15, 0.2) is 22.4 Å². The molecule has 6 heteroatoms. The van der Waals surface area contributed by atoms with Crippen molar-refractivity contribution in [3.8, 4) is 0 Å². The van der Waals surface area contributed by atoms with Crippen LogP contribution in [-0.2, 0) is 13.0 Å². The van der Waals surface area contributed by atoms with Gasteiger partial charge in [-0.05, 0) is 43.2 Å². The smallest absolute Gasteiger partial charge is 0.197 e. The van der Waals surface area contributed by atoms with E-state index in [1.54, 1.807) is 18.0 Å². The first-order valence-electron chi connectivity index (χ1n) is 6.56. The van der Waals surface area contributed by atoms with Gasteiger partial charge in [0, 0.05) is 13.0 Å². The summed E-state index contributed by atoms with van der Waals surface area (Å²) in [6.07, 6.45) is 6.42. The molecule has 1 aliphatic rings. The Morgan fingerprint density at radius 1 is 1.26 bits per heavy atom. The zero-order chi connectivity index (χ0) is 13.2. The van der Waals surface area contributed by atoms with Crippen LogP contribution in [0.2, 0.25) is 0 Å². The van der Waals surface area contributed by atoms with E-state index in [0.717, 1.165) is 40.2 Å². The van der Waals surface area contributed by atoms with Crippen LogP contribution in [0.1, 0.15) is 30.7 Å². The molecule has 2 aromatic heterocycles. The van der Waals surface area contributed by atoms with Crippen LogP contribution in [0.3, 0.4) is 0 Å². The maximum atomic E-state index is 5.79. The lowest BCUT2D eigenvalue weighted by Crippen LogP contribution is -2.02. The molecule has 0 bridgehead atoms. The number of hydrogen-bond acceptors (Lipinski definition) is 5. The van der Waals surface area contributed by atoms with Gasteiger partial charge in [0.2, 0.25) is 0 Å². The molecule has 0 radical (unpaired) electrons. The maximum Gasteiger partial charge on any atom is 0.197 e. The number of nitrogens with zero attached hydrogens (tertiary/aromatic N) is 4. The molecule has 0 fully saturated rings. The molecule has 1 aliphatic heterocycles. The summed E-state index contributed by atoms with van der Waals surface area (Å²) in [6.45, 7) is 3.00. The number of anilines is 1. The lowest BCUT2D eigenvalue weighted by Gasteiger charge is -2.06. The van der Waals surface area contributed by atoms with Crippen molar-refractivity contribution < 1.29 is 0 Å². The van der Waals surface area contributed by atoms with Crippen molar-refractivity contribution in [2.75, 3.05) is 5.73 Å². The van der Waals surface area contributed by atoms with E-state index in [-0.39, 0.29) is 0 Å². The molecular formula is C13H17N5S. The van der Waals surface area contributed by atoms with Crippen LogP contribution >= 0.6 is 11.8 Å².